The first kappa shape index (κ1) is 14.4. The molecule has 0 bridgehead atoms. The lowest BCUT2D eigenvalue weighted by Crippen LogP contribution is -2.30. The topological polar surface area (TPSA) is 12.0 Å². The molecule has 0 aromatic carbocycles. The van der Waals surface area contributed by atoms with Gasteiger partial charge in [0.05, 0.1) is 0 Å². The molecule has 1 nitrogen and oxygen atoms in total. The summed E-state index contributed by atoms with van der Waals surface area (Å²) >= 11 is 0. The van der Waals surface area contributed by atoms with Crippen LogP contribution < -0.4 is 5.32 Å². The molecule has 0 spiro atoms. The van der Waals surface area contributed by atoms with Crippen LogP contribution in [0.25, 0.3) is 0 Å². The van der Waals surface area contributed by atoms with Gasteiger partial charge >= 0.3 is 0 Å². The van der Waals surface area contributed by atoms with E-state index >= 15 is 0 Å². The highest BCUT2D eigenvalue weighted by atomic mass is 14.9. The molecule has 106 valence electrons. The highest BCUT2D eigenvalue weighted by molar-refractivity contribution is 4.78. The summed E-state index contributed by atoms with van der Waals surface area (Å²) in [6, 6.07) is 0.826. The van der Waals surface area contributed by atoms with E-state index in [1.54, 1.807) is 0 Å². The summed E-state index contributed by atoms with van der Waals surface area (Å²) in [5.74, 6) is 2.16. The van der Waals surface area contributed by atoms with Crippen LogP contribution in [0, 0.1) is 11.8 Å². The van der Waals surface area contributed by atoms with E-state index in [2.05, 4.69) is 12.2 Å². The van der Waals surface area contributed by atoms with Crippen molar-refractivity contribution in [1.29, 1.82) is 0 Å². The summed E-state index contributed by atoms with van der Waals surface area (Å²) in [4.78, 5) is 0. The molecule has 0 amide bonds. The molecule has 2 aliphatic rings. The Hall–Kier alpha value is -0.0400. The van der Waals surface area contributed by atoms with Crippen molar-refractivity contribution in [2.75, 3.05) is 6.54 Å². The average molecular weight is 251 g/mol. The van der Waals surface area contributed by atoms with Gasteiger partial charge in [0, 0.05) is 6.04 Å². The Kier molecular flexibility index (Phi) is 6.54. The van der Waals surface area contributed by atoms with E-state index in [1.807, 2.05) is 0 Å². The molecule has 2 aliphatic carbocycles. The maximum atomic E-state index is 3.79. The fraction of sp³-hybridized carbons (Fsp3) is 1.00. The fourth-order valence-corrected chi connectivity index (χ4v) is 3.45. The zero-order chi connectivity index (χ0) is 12.6. The van der Waals surface area contributed by atoms with Gasteiger partial charge in [-0.3, -0.25) is 0 Å². The molecule has 0 radical (unpaired) electrons. The van der Waals surface area contributed by atoms with E-state index in [0.717, 1.165) is 17.9 Å². The molecule has 2 saturated carbocycles. The number of nitrogens with one attached hydrogen (secondary N) is 1. The van der Waals surface area contributed by atoms with Crippen LogP contribution in [-0.4, -0.2) is 12.6 Å². The molecular weight excluding hydrogens is 218 g/mol. The zero-order valence-corrected chi connectivity index (χ0v) is 12.4. The molecular formula is C17H33N. The molecule has 1 heteroatoms. The summed E-state index contributed by atoms with van der Waals surface area (Å²) in [5, 5.41) is 3.79. The van der Waals surface area contributed by atoms with Crippen LogP contribution in [0.15, 0.2) is 0 Å². The van der Waals surface area contributed by atoms with Gasteiger partial charge < -0.3 is 5.32 Å². The van der Waals surface area contributed by atoms with Crippen molar-refractivity contribution < 1.29 is 0 Å². The molecule has 0 aliphatic heterocycles. The van der Waals surface area contributed by atoms with Gasteiger partial charge in [-0.15, -0.1) is 0 Å². The first-order chi connectivity index (χ1) is 8.88. The predicted molar refractivity (Wildman–Crippen MR) is 79.8 cm³/mol. The number of hydrogen-bond donors (Lipinski definition) is 1. The monoisotopic (exact) mass is 251 g/mol. The lowest BCUT2D eigenvalue weighted by Gasteiger charge is -2.25. The molecule has 2 rings (SSSR count). The van der Waals surface area contributed by atoms with Gasteiger partial charge in [0.1, 0.15) is 0 Å². The van der Waals surface area contributed by atoms with Gasteiger partial charge in [-0.2, -0.15) is 0 Å². The summed E-state index contributed by atoms with van der Waals surface area (Å²) in [6.07, 6.45) is 17.7. The molecule has 0 saturated heterocycles. The molecule has 2 fully saturated rings. The molecule has 0 aromatic rings. The van der Waals surface area contributed by atoms with E-state index < -0.39 is 0 Å². The Balaban J connectivity index is 1.61. The molecule has 0 heterocycles. The lowest BCUT2D eigenvalue weighted by molar-refractivity contribution is 0.306. The van der Waals surface area contributed by atoms with Gasteiger partial charge in [-0.1, -0.05) is 51.9 Å². The third-order valence-electron chi connectivity index (χ3n) is 4.95. The van der Waals surface area contributed by atoms with E-state index in [0.29, 0.717) is 0 Å². The Morgan fingerprint density at radius 3 is 2.06 bits per heavy atom. The zero-order valence-electron chi connectivity index (χ0n) is 12.4. The maximum Gasteiger partial charge on any atom is 0.00672 e. The molecule has 1 atom stereocenters. The molecule has 1 N–H and O–H groups in total. The minimum atomic E-state index is 0.826. The summed E-state index contributed by atoms with van der Waals surface area (Å²) < 4.78 is 0. The Labute approximate surface area is 114 Å². The lowest BCUT2D eigenvalue weighted by atomic mass is 9.84. The maximum absolute atomic E-state index is 3.79. The number of hydrogen-bond acceptors (Lipinski definition) is 1. The van der Waals surface area contributed by atoms with E-state index in [9.17, 15) is 0 Å². The molecule has 18 heavy (non-hydrogen) atoms. The smallest absolute Gasteiger partial charge is 0.00672 e. The van der Waals surface area contributed by atoms with Gasteiger partial charge in [-0.25, -0.2) is 0 Å². The highest BCUT2D eigenvalue weighted by Gasteiger charge is 2.23. The van der Waals surface area contributed by atoms with Crippen molar-refractivity contribution in [2.24, 2.45) is 11.8 Å². The summed E-state index contributed by atoms with van der Waals surface area (Å²) in [5.41, 5.74) is 0. The third-order valence-corrected chi connectivity index (χ3v) is 4.95. The van der Waals surface area contributed by atoms with Crippen LogP contribution >= 0.6 is 0 Å². The minimum Gasteiger partial charge on any atom is -0.314 e. The quantitative estimate of drug-likeness (QED) is 0.614. The second-order valence-corrected chi connectivity index (χ2v) is 6.75. The van der Waals surface area contributed by atoms with Crippen molar-refractivity contribution in [3.05, 3.63) is 0 Å². The van der Waals surface area contributed by atoms with Crippen molar-refractivity contribution in [3.63, 3.8) is 0 Å². The largest absolute Gasteiger partial charge is 0.314 e. The second-order valence-electron chi connectivity index (χ2n) is 6.75. The van der Waals surface area contributed by atoms with Crippen LogP contribution in [0.5, 0.6) is 0 Å². The van der Waals surface area contributed by atoms with Gasteiger partial charge in [0.25, 0.3) is 0 Å². The van der Waals surface area contributed by atoms with Crippen molar-refractivity contribution in [1.82, 2.24) is 5.32 Å². The van der Waals surface area contributed by atoms with Crippen LogP contribution in [-0.2, 0) is 0 Å². The van der Waals surface area contributed by atoms with E-state index in [4.69, 9.17) is 0 Å². The van der Waals surface area contributed by atoms with Crippen LogP contribution in [0.2, 0.25) is 0 Å². The SMILES string of the molecule is CCCNC(CCC1CCCCC1)CCC1CC1. The van der Waals surface area contributed by atoms with E-state index in [-0.39, 0.29) is 0 Å². The summed E-state index contributed by atoms with van der Waals surface area (Å²) in [6.45, 7) is 3.51. The van der Waals surface area contributed by atoms with Crippen LogP contribution in [0.3, 0.4) is 0 Å². The van der Waals surface area contributed by atoms with Crippen molar-refractivity contribution >= 4 is 0 Å². The first-order valence-electron chi connectivity index (χ1n) is 8.62. The first-order valence-corrected chi connectivity index (χ1v) is 8.62. The number of rotatable bonds is 9. The third kappa shape index (κ3) is 5.73. The predicted octanol–water partition coefficient (Wildman–Crippen LogP) is 4.91. The van der Waals surface area contributed by atoms with Crippen molar-refractivity contribution in [2.45, 2.75) is 90.0 Å². The Morgan fingerprint density at radius 2 is 1.50 bits per heavy atom. The van der Waals surface area contributed by atoms with Crippen molar-refractivity contribution in [3.8, 4) is 0 Å². The second kappa shape index (κ2) is 8.19. The van der Waals surface area contributed by atoms with Gasteiger partial charge in [0.15, 0.2) is 0 Å². The Bertz CT molecular complexity index is 204. The Morgan fingerprint density at radius 1 is 0.889 bits per heavy atom. The average Bonchev–Trinajstić information content (AvgIpc) is 3.23. The minimum absolute atomic E-state index is 0.826. The van der Waals surface area contributed by atoms with Crippen LogP contribution in [0.4, 0.5) is 0 Å². The van der Waals surface area contributed by atoms with Gasteiger partial charge in [-0.05, 0) is 50.5 Å². The highest BCUT2D eigenvalue weighted by Crippen LogP contribution is 2.34. The molecule has 0 aromatic heterocycles. The fourth-order valence-electron chi connectivity index (χ4n) is 3.45. The van der Waals surface area contributed by atoms with Crippen LogP contribution in [0.1, 0.15) is 84.0 Å². The summed E-state index contributed by atoms with van der Waals surface area (Å²) in [7, 11) is 0. The van der Waals surface area contributed by atoms with E-state index in [1.165, 1.54) is 83.6 Å². The van der Waals surface area contributed by atoms with Gasteiger partial charge in [0.2, 0.25) is 0 Å². The normalized spacial score (nSPS) is 23.2. The molecule has 1 unspecified atom stereocenters. The standard InChI is InChI=1S/C17H33N/c1-2-14-18-17(13-11-16-8-9-16)12-10-15-6-4-3-5-7-15/h15-18H,2-14H2,1H3.